The van der Waals surface area contributed by atoms with Gasteiger partial charge in [0.15, 0.2) is 0 Å². The van der Waals surface area contributed by atoms with Crippen LogP contribution in [0.3, 0.4) is 0 Å². The highest BCUT2D eigenvalue weighted by Crippen LogP contribution is 2.32. The SMILES string of the molecule is Cc1cc(Br)c(NC(=O)CN2CCC(CO)CC2)c(Br)c1. The molecule has 0 aliphatic carbocycles. The van der Waals surface area contributed by atoms with Crippen LogP contribution in [0, 0.1) is 12.8 Å². The van der Waals surface area contributed by atoms with Crippen LogP contribution in [0.1, 0.15) is 18.4 Å². The second-order valence-electron chi connectivity index (χ2n) is 5.55. The number of anilines is 1. The van der Waals surface area contributed by atoms with Crippen LogP contribution in [0.4, 0.5) is 5.69 Å². The van der Waals surface area contributed by atoms with Crippen LogP contribution in [0.5, 0.6) is 0 Å². The van der Waals surface area contributed by atoms with Gasteiger partial charge in [-0.3, -0.25) is 9.69 Å². The summed E-state index contributed by atoms with van der Waals surface area (Å²) >= 11 is 6.97. The van der Waals surface area contributed by atoms with E-state index in [1.807, 2.05) is 19.1 Å². The number of carbonyl (C=O) groups is 1. The largest absolute Gasteiger partial charge is 0.396 e. The first-order chi connectivity index (χ1) is 9.99. The van der Waals surface area contributed by atoms with Crippen LogP contribution >= 0.6 is 31.9 Å². The molecule has 4 nitrogen and oxygen atoms in total. The fourth-order valence-electron chi connectivity index (χ4n) is 2.53. The predicted molar refractivity (Wildman–Crippen MR) is 91.5 cm³/mol. The minimum Gasteiger partial charge on any atom is -0.396 e. The molecule has 1 aliphatic rings. The lowest BCUT2D eigenvalue weighted by Gasteiger charge is -2.30. The van der Waals surface area contributed by atoms with Crippen LogP contribution in [-0.4, -0.2) is 42.2 Å². The van der Waals surface area contributed by atoms with Gasteiger partial charge < -0.3 is 10.4 Å². The van der Waals surface area contributed by atoms with Gasteiger partial charge in [0, 0.05) is 15.6 Å². The van der Waals surface area contributed by atoms with Crippen molar-refractivity contribution < 1.29 is 9.90 Å². The second-order valence-corrected chi connectivity index (χ2v) is 7.26. The molecule has 1 fully saturated rings. The number of hydrogen-bond acceptors (Lipinski definition) is 3. The molecule has 1 aromatic carbocycles. The van der Waals surface area contributed by atoms with Gasteiger partial charge in [0.25, 0.3) is 0 Å². The standard InChI is InChI=1S/C15H20Br2N2O2/c1-10-6-12(16)15(13(17)7-10)18-14(21)8-19-4-2-11(9-20)3-5-19/h6-7,11,20H,2-5,8-9H2,1H3,(H,18,21). The van der Waals surface area contributed by atoms with Gasteiger partial charge in [-0.25, -0.2) is 0 Å². The maximum Gasteiger partial charge on any atom is 0.238 e. The number of piperidine rings is 1. The molecule has 0 atom stereocenters. The number of hydrogen-bond donors (Lipinski definition) is 2. The number of rotatable bonds is 4. The van der Waals surface area contributed by atoms with Crippen LogP contribution in [-0.2, 0) is 4.79 Å². The number of nitrogens with zero attached hydrogens (tertiary/aromatic N) is 1. The number of amides is 1. The molecule has 0 bridgehead atoms. The lowest BCUT2D eigenvalue weighted by molar-refractivity contribution is -0.117. The Morgan fingerprint density at radius 2 is 1.90 bits per heavy atom. The van der Waals surface area contributed by atoms with E-state index in [0.29, 0.717) is 12.5 Å². The van der Waals surface area contributed by atoms with Gasteiger partial charge in [0.2, 0.25) is 5.91 Å². The van der Waals surface area contributed by atoms with E-state index in [0.717, 1.165) is 46.1 Å². The Kier molecular flexibility index (Phi) is 6.22. The molecule has 0 aromatic heterocycles. The van der Waals surface area contributed by atoms with Crippen molar-refractivity contribution >= 4 is 43.5 Å². The maximum absolute atomic E-state index is 12.2. The quantitative estimate of drug-likeness (QED) is 0.787. The minimum absolute atomic E-state index is 0.0114. The summed E-state index contributed by atoms with van der Waals surface area (Å²) in [5, 5.41) is 12.1. The van der Waals surface area contributed by atoms with Gasteiger partial charge >= 0.3 is 0 Å². The second kappa shape index (κ2) is 7.72. The van der Waals surface area contributed by atoms with Gasteiger partial charge in [-0.1, -0.05) is 0 Å². The molecule has 0 saturated carbocycles. The topological polar surface area (TPSA) is 52.6 Å². The van der Waals surface area contributed by atoms with Gasteiger partial charge in [0.05, 0.1) is 12.2 Å². The number of aliphatic hydroxyl groups is 1. The van der Waals surface area contributed by atoms with Crippen LogP contribution in [0.25, 0.3) is 0 Å². The van der Waals surface area contributed by atoms with Crippen molar-refractivity contribution in [1.29, 1.82) is 0 Å². The Labute approximate surface area is 142 Å². The van der Waals surface area contributed by atoms with Gasteiger partial charge in [-0.15, -0.1) is 0 Å². The number of likely N-dealkylation sites (tertiary alicyclic amines) is 1. The maximum atomic E-state index is 12.2. The van der Waals surface area contributed by atoms with Crippen molar-refractivity contribution in [3.8, 4) is 0 Å². The van der Waals surface area contributed by atoms with E-state index in [1.165, 1.54) is 0 Å². The Morgan fingerprint density at radius 1 is 1.33 bits per heavy atom. The predicted octanol–water partition coefficient (Wildman–Crippen LogP) is 3.16. The van der Waals surface area contributed by atoms with Gasteiger partial charge in [-0.2, -0.15) is 0 Å². The molecule has 2 rings (SSSR count). The van der Waals surface area contributed by atoms with E-state index in [2.05, 4.69) is 42.1 Å². The smallest absolute Gasteiger partial charge is 0.238 e. The third-order valence-corrected chi connectivity index (χ3v) is 5.03. The average Bonchev–Trinajstić information content (AvgIpc) is 2.43. The Balaban J connectivity index is 1.91. The molecular weight excluding hydrogens is 400 g/mol. The summed E-state index contributed by atoms with van der Waals surface area (Å²) in [5.74, 6) is 0.382. The molecule has 1 amide bonds. The molecule has 116 valence electrons. The lowest BCUT2D eigenvalue weighted by Crippen LogP contribution is -2.39. The van der Waals surface area contributed by atoms with Gasteiger partial charge in [-0.05, 0) is 88.3 Å². The highest BCUT2D eigenvalue weighted by molar-refractivity contribution is 9.11. The number of aryl methyl sites for hydroxylation is 1. The molecule has 1 saturated heterocycles. The summed E-state index contributed by atoms with van der Waals surface area (Å²) in [4.78, 5) is 14.3. The molecule has 1 heterocycles. The Bertz CT molecular complexity index is 491. The average molecular weight is 420 g/mol. The first kappa shape index (κ1) is 16.9. The van der Waals surface area contributed by atoms with Gasteiger partial charge in [0.1, 0.15) is 0 Å². The molecule has 2 N–H and O–H groups in total. The highest BCUT2D eigenvalue weighted by atomic mass is 79.9. The molecule has 0 spiro atoms. The number of carbonyl (C=O) groups excluding carboxylic acids is 1. The van der Waals surface area contributed by atoms with Crippen molar-refractivity contribution in [2.24, 2.45) is 5.92 Å². The zero-order chi connectivity index (χ0) is 15.4. The first-order valence-corrected chi connectivity index (χ1v) is 8.67. The third kappa shape index (κ3) is 4.77. The zero-order valence-corrected chi connectivity index (χ0v) is 15.2. The first-order valence-electron chi connectivity index (χ1n) is 7.08. The summed E-state index contributed by atoms with van der Waals surface area (Å²) < 4.78 is 1.75. The lowest BCUT2D eigenvalue weighted by atomic mass is 9.98. The number of halogens is 2. The van der Waals surface area contributed by atoms with E-state index in [9.17, 15) is 4.79 Å². The fraction of sp³-hybridized carbons (Fsp3) is 0.533. The summed E-state index contributed by atoms with van der Waals surface area (Å²) in [6, 6.07) is 3.96. The molecule has 0 radical (unpaired) electrons. The van der Waals surface area contributed by atoms with Crippen molar-refractivity contribution in [2.75, 3.05) is 31.6 Å². The Morgan fingerprint density at radius 3 is 2.43 bits per heavy atom. The van der Waals surface area contributed by atoms with Crippen LogP contribution in [0.2, 0.25) is 0 Å². The summed E-state index contributed by atoms with van der Waals surface area (Å²) in [6.45, 7) is 4.39. The zero-order valence-electron chi connectivity index (χ0n) is 12.0. The highest BCUT2D eigenvalue weighted by Gasteiger charge is 2.20. The number of benzene rings is 1. The van der Waals surface area contributed by atoms with Crippen LogP contribution in [0.15, 0.2) is 21.1 Å². The minimum atomic E-state index is -0.0114. The monoisotopic (exact) mass is 418 g/mol. The van der Waals surface area contributed by atoms with E-state index in [4.69, 9.17) is 5.11 Å². The summed E-state index contributed by atoms with van der Waals surface area (Å²) in [7, 11) is 0. The molecule has 1 aromatic rings. The van der Waals surface area contributed by atoms with E-state index in [-0.39, 0.29) is 12.5 Å². The van der Waals surface area contributed by atoms with Crippen molar-refractivity contribution in [3.63, 3.8) is 0 Å². The normalized spacial score (nSPS) is 17.0. The van der Waals surface area contributed by atoms with Crippen molar-refractivity contribution in [1.82, 2.24) is 4.90 Å². The van der Waals surface area contributed by atoms with E-state index < -0.39 is 0 Å². The summed E-state index contributed by atoms with van der Waals surface area (Å²) in [5.41, 5.74) is 1.90. The Hall–Kier alpha value is -0.430. The summed E-state index contributed by atoms with van der Waals surface area (Å²) in [6.07, 6.45) is 1.92. The van der Waals surface area contributed by atoms with Crippen LogP contribution < -0.4 is 5.32 Å². The van der Waals surface area contributed by atoms with E-state index >= 15 is 0 Å². The molecule has 0 unspecified atom stereocenters. The van der Waals surface area contributed by atoms with Crippen molar-refractivity contribution in [3.05, 3.63) is 26.6 Å². The molecule has 1 aliphatic heterocycles. The fourth-order valence-corrected chi connectivity index (χ4v) is 4.14. The third-order valence-electron chi connectivity index (χ3n) is 3.78. The molecule has 6 heteroatoms. The van der Waals surface area contributed by atoms with E-state index in [1.54, 1.807) is 0 Å². The number of nitrogens with one attached hydrogen (secondary N) is 1. The number of aliphatic hydroxyl groups excluding tert-OH is 1. The van der Waals surface area contributed by atoms with Crippen molar-refractivity contribution in [2.45, 2.75) is 19.8 Å². The molecular formula is C15H20Br2N2O2. The molecule has 21 heavy (non-hydrogen) atoms.